The molecule has 0 unspecified atom stereocenters. The Labute approximate surface area is 181 Å². The molecule has 7 nitrogen and oxygen atoms in total. The second-order valence-electron chi connectivity index (χ2n) is 6.13. The van der Waals surface area contributed by atoms with Crippen molar-refractivity contribution < 1.29 is 10.0 Å². The Balaban J connectivity index is 0.00000196. The maximum atomic E-state index is 10.9. The number of likely N-dealkylation sites (tertiary alicyclic amines) is 1. The molecule has 0 aliphatic carbocycles. The summed E-state index contributed by atoms with van der Waals surface area (Å²) in [5.74, 6) is 0.0906. The van der Waals surface area contributed by atoms with Gasteiger partial charge in [-0.15, -0.1) is 24.8 Å². The Hall–Kier alpha value is -1.90. The molecule has 28 heavy (non-hydrogen) atoms. The molecule has 1 aromatic heterocycles. The van der Waals surface area contributed by atoms with Crippen molar-refractivity contribution in [1.82, 2.24) is 20.3 Å². The van der Waals surface area contributed by atoms with Crippen molar-refractivity contribution in [2.75, 3.05) is 18.4 Å². The highest BCUT2D eigenvalue weighted by molar-refractivity contribution is 6.30. The number of rotatable bonds is 6. The van der Waals surface area contributed by atoms with Crippen molar-refractivity contribution in [1.29, 1.82) is 0 Å². The molecule has 3 rings (SSSR count). The first kappa shape index (κ1) is 24.1. The zero-order chi connectivity index (χ0) is 18.4. The molecule has 3 N–H and O–H groups in total. The molecule has 1 fully saturated rings. The summed E-state index contributed by atoms with van der Waals surface area (Å²) < 4.78 is 0. The van der Waals surface area contributed by atoms with Crippen LogP contribution in [0.15, 0.2) is 42.7 Å². The number of anilines is 1. The number of hydrogen-bond acceptors (Lipinski definition) is 6. The van der Waals surface area contributed by atoms with Gasteiger partial charge < -0.3 is 5.32 Å². The molecular weight excluding hydrogens is 425 g/mol. The van der Waals surface area contributed by atoms with Crippen LogP contribution < -0.4 is 10.8 Å². The first-order valence-electron chi connectivity index (χ1n) is 8.30. The van der Waals surface area contributed by atoms with E-state index in [2.05, 4.69) is 32.3 Å². The predicted octanol–water partition coefficient (Wildman–Crippen LogP) is 3.18. The average Bonchev–Trinajstić information content (AvgIpc) is 3.09. The van der Waals surface area contributed by atoms with E-state index < -0.39 is 5.91 Å². The Kier molecular flexibility index (Phi) is 10.2. The summed E-state index contributed by atoms with van der Waals surface area (Å²) >= 11 is 5.92. The lowest BCUT2D eigenvalue weighted by Gasteiger charge is -2.17. The number of carbonyl (C=O) groups excluding carboxylic acids is 1. The number of nitrogens with one attached hydrogen (secondary N) is 2. The predicted molar refractivity (Wildman–Crippen MR) is 114 cm³/mol. The third kappa shape index (κ3) is 7.26. The fourth-order valence-electron chi connectivity index (χ4n) is 2.85. The van der Waals surface area contributed by atoms with Crippen LogP contribution in [-0.2, 0) is 11.3 Å². The van der Waals surface area contributed by atoms with Gasteiger partial charge in [-0.3, -0.25) is 19.9 Å². The monoisotopic (exact) mass is 445 g/mol. The molecule has 0 radical (unpaired) electrons. The number of carbonyl (C=O) groups is 1. The zero-order valence-electron chi connectivity index (χ0n) is 14.9. The second-order valence-corrected chi connectivity index (χ2v) is 6.56. The van der Waals surface area contributed by atoms with E-state index in [1.807, 2.05) is 12.1 Å². The van der Waals surface area contributed by atoms with E-state index in [-0.39, 0.29) is 24.8 Å². The van der Waals surface area contributed by atoms with E-state index in [0.29, 0.717) is 17.6 Å². The van der Waals surface area contributed by atoms with Gasteiger partial charge in [0.25, 0.3) is 5.91 Å². The number of hydrogen-bond donors (Lipinski definition) is 3. The number of nitrogens with zero attached hydrogens (tertiary/aromatic N) is 3. The minimum atomic E-state index is -0.610. The number of benzene rings is 1. The van der Waals surface area contributed by atoms with Gasteiger partial charge in [-0.2, -0.15) is 0 Å². The summed E-state index contributed by atoms with van der Waals surface area (Å²) in [6, 6.07) is 8.25. The van der Waals surface area contributed by atoms with Crippen LogP contribution in [0.5, 0.6) is 0 Å². The van der Waals surface area contributed by atoms with Crippen molar-refractivity contribution in [3.8, 4) is 0 Å². The molecular formula is C18H22Cl3N5O2. The molecule has 1 aliphatic rings. The van der Waals surface area contributed by atoms with Gasteiger partial charge in [0.2, 0.25) is 0 Å². The Morgan fingerprint density at radius 1 is 1.25 bits per heavy atom. The van der Waals surface area contributed by atoms with E-state index in [0.717, 1.165) is 31.1 Å². The maximum Gasteiger partial charge on any atom is 0.267 e. The molecule has 0 bridgehead atoms. The van der Waals surface area contributed by atoms with Crippen molar-refractivity contribution in [3.63, 3.8) is 0 Å². The molecule has 1 aromatic carbocycles. The van der Waals surface area contributed by atoms with E-state index in [1.165, 1.54) is 23.2 Å². The van der Waals surface area contributed by atoms with Crippen LogP contribution in [0.25, 0.3) is 6.08 Å². The first-order chi connectivity index (χ1) is 12.6. The van der Waals surface area contributed by atoms with E-state index in [4.69, 9.17) is 16.8 Å². The van der Waals surface area contributed by atoms with Gasteiger partial charge in [-0.25, -0.2) is 10.5 Å². The molecule has 0 saturated carbocycles. The lowest BCUT2D eigenvalue weighted by molar-refractivity contribution is -0.124. The van der Waals surface area contributed by atoms with Gasteiger partial charge in [0.05, 0.1) is 18.1 Å². The molecule has 1 atom stereocenters. The molecule has 152 valence electrons. The fraction of sp³-hybridized carbons (Fsp3) is 0.278. The van der Waals surface area contributed by atoms with Crippen LogP contribution in [0.3, 0.4) is 0 Å². The van der Waals surface area contributed by atoms with Gasteiger partial charge in [0, 0.05) is 36.8 Å². The highest BCUT2D eigenvalue weighted by atomic mass is 35.5. The van der Waals surface area contributed by atoms with E-state index >= 15 is 0 Å². The van der Waals surface area contributed by atoms with Gasteiger partial charge >= 0.3 is 0 Å². The van der Waals surface area contributed by atoms with Crippen LogP contribution in [0.2, 0.25) is 5.02 Å². The number of aromatic nitrogens is 2. The van der Waals surface area contributed by atoms with Crippen molar-refractivity contribution in [2.45, 2.75) is 19.0 Å². The summed E-state index contributed by atoms with van der Waals surface area (Å²) in [4.78, 5) is 21.9. The smallest absolute Gasteiger partial charge is 0.267 e. The Bertz CT molecular complexity index is 772. The van der Waals surface area contributed by atoms with E-state index in [1.54, 1.807) is 12.4 Å². The van der Waals surface area contributed by atoms with E-state index in [9.17, 15) is 4.79 Å². The molecule has 10 heteroatoms. The van der Waals surface area contributed by atoms with Crippen molar-refractivity contribution in [3.05, 3.63) is 59.0 Å². The molecule has 2 aromatic rings. The second kappa shape index (κ2) is 11.8. The third-order valence-corrected chi connectivity index (χ3v) is 4.38. The topological polar surface area (TPSA) is 90.4 Å². The van der Waals surface area contributed by atoms with Crippen LogP contribution in [0, 0.1) is 0 Å². The Morgan fingerprint density at radius 3 is 2.64 bits per heavy atom. The van der Waals surface area contributed by atoms with Gasteiger partial charge in [-0.1, -0.05) is 23.7 Å². The van der Waals surface area contributed by atoms with Crippen LogP contribution in [-0.4, -0.2) is 45.1 Å². The average molecular weight is 447 g/mol. The normalized spacial score (nSPS) is 16.3. The summed E-state index contributed by atoms with van der Waals surface area (Å²) in [6.45, 7) is 2.85. The lowest BCUT2D eigenvalue weighted by Crippen LogP contribution is -2.26. The van der Waals surface area contributed by atoms with Crippen LogP contribution in [0.1, 0.15) is 17.7 Å². The van der Waals surface area contributed by atoms with Gasteiger partial charge in [0.1, 0.15) is 5.82 Å². The highest BCUT2D eigenvalue weighted by Crippen LogP contribution is 2.18. The SMILES string of the molecule is Cl.Cl.O=C(C=Cc1cnc(N[C@@H]2CCN(Cc3ccc(Cl)cc3)C2)cn1)NO. The highest BCUT2D eigenvalue weighted by Gasteiger charge is 2.22. The van der Waals surface area contributed by atoms with Gasteiger partial charge in [0.15, 0.2) is 0 Å². The summed E-state index contributed by atoms with van der Waals surface area (Å²) in [5, 5.41) is 12.6. The van der Waals surface area contributed by atoms with Gasteiger partial charge in [-0.05, 0) is 30.2 Å². The summed E-state index contributed by atoms with van der Waals surface area (Å²) in [5.41, 5.74) is 3.31. The molecule has 0 spiro atoms. The molecule has 1 saturated heterocycles. The number of halogens is 3. The lowest BCUT2D eigenvalue weighted by atomic mass is 10.2. The molecule has 2 heterocycles. The largest absolute Gasteiger partial charge is 0.365 e. The minimum Gasteiger partial charge on any atom is -0.365 e. The zero-order valence-corrected chi connectivity index (χ0v) is 17.3. The van der Waals surface area contributed by atoms with Crippen molar-refractivity contribution >= 4 is 54.2 Å². The standard InChI is InChI=1S/C18H20ClN5O2.2ClH/c19-14-3-1-13(2-4-14)11-24-8-7-16(12-24)22-17-10-20-15(9-21-17)5-6-18(25)23-26;;/h1-6,9-10,16,26H,7-8,11-12H2,(H,21,22)(H,23,25);2*1H/t16-;;/m1../s1. The third-order valence-electron chi connectivity index (χ3n) is 4.13. The van der Waals surface area contributed by atoms with Crippen LogP contribution in [0.4, 0.5) is 5.82 Å². The van der Waals surface area contributed by atoms with Crippen molar-refractivity contribution in [2.24, 2.45) is 0 Å². The summed E-state index contributed by atoms with van der Waals surface area (Å²) in [7, 11) is 0. The fourth-order valence-corrected chi connectivity index (χ4v) is 2.97. The number of amides is 1. The minimum absolute atomic E-state index is 0. The quantitative estimate of drug-likeness (QED) is 0.359. The number of hydroxylamine groups is 1. The van der Waals surface area contributed by atoms with Crippen LogP contribution >= 0.6 is 36.4 Å². The maximum absolute atomic E-state index is 10.9. The molecule has 1 amide bonds. The molecule has 1 aliphatic heterocycles. The Morgan fingerprint density at radius 2 is 2.00 bits per heavy atom. The first-order valence-corrected chi connectivity index (χ1v) is 8.68. The summed E-state index contributed by atoms with van der Waals surface area (Å²) in [6.07, 6.45) is 6.91.